The summed E-state index contributed by atoms with van der Waals surface area (Å²) in [5.74, 6) is -0.132. The second kappa shape index (κ2) is 6.05. The highest BCUT2D eigenvalue weighted by atomic mass is 35.5. The van der Waals surface area contributed by atoms with Gasteiger partial charge in [-0.15, -0.1) is 0 Å². The molecule has 0 spiro atoms. The Morgan fingerprint density at radius 3 is 2.61 bits per heavy atom. The number of aromatic nitrogens is 2. The van der Waals surface area contributed by atoms with Gasteiger partial charge in [-0.25, -0.2) is 4.98 Å². The molecule has 4 nitrogen and oxygen atoms in total. The predicted molar refractivity (Wildman–Crippen MR) is 92.0 cm³/mol. The summed E-state index contributed by atoms with van der Waals surface area (Å²) >= 11 is 5.90. The lowest BCUT2D eigenvalue weighted by molar-refractivity contribution is 0.0941. The first-order valence-electron chi connectivity index (χ1n) is 7.47. The van der Waals surface area contributed by atoms with E-state index in [0.29, 0.717) is 16.2 Å². The van der Waals surface area contributed by atoms with Gasteiger partial charge in [-0.3, -0.25) is 4.79 Å². The fourth-order valence-electron chi connectivity index (χ4n) is 2.68. The summed E-state index contributed by atoms with van der Waals surface area (Å²) < 4.78 is 1.93. The van der Waals surface area contributed by atoms with Gasteiger partial charge in [-0.1, -0.05) is 23.7 Å². The lowest BCUT2D eigenvalue weighted by Crippen LogP contribution is -2.26. The lowest BCUT2D eigenvalue weighted by atomic mass is 10.1. The van der Waals surface area contributed by atoms with Gasteiger partial charge in [0.25, 0.3) is 5.91 Å². The molecular weight excluding hydrogens is 310 g/mol. The third-order valence-corrected chi connectivity index (χ3v) is 4.15. The van der Waals surface area contributed by atoms with Crippen LogP contribution in [0.5, 0.6) is 0 Å². The van der Waals surface area contributed by atoms with Crippen LogP contribution in [0.1, 0.15) is 40.3 Å². The van der Waals surface area contributed by atoms with Gasteiger partial charge in [0.1, 0.15) is 5.65 Å². The molecular formula is C18H18ClN3O. The molecule has 0 bridgehead atoms. The van der Waals surface area contributed by atoms with Gasteiger partial charge >= 0.3 is 0 Å². The van der Waals surface area contributed by atoms with Crippen LogP contribution < -0.4 is 5.32 Å². The third kappa shape index (κ3) is 3.08. The van der Waals surface area contributed by atoms with Crippen LogP contribution in [-0.4, -0.2) is 15.3 Å². The molecule has 3 rings (SSSR count). The maximum absolute atomic E-state index is 12.6. The molecule has 0 aliphatic carbocycles. The molecule has 0 saturated heterocycles. The minimum absolute atomic E-state index is 0.111. The Bertz CT molecular complexity index is 868. The van der Waals surface area contributed by atoms with Crippen molar-refractivity contribution in [1.82, 2.24) is 14.7 Å². The minimum Gasteiger partial charge on any atom is -0.345 e. The maximum atomic E-state index is 12.6. The molecule has 3 aromatic rings. The van der Waals surface area contributed by atoms with E-state index in [4.69, 9.17) is 11.6 Å². The molecule has 1 amide bonds. The predicted octanol–water partition coefficient (Wildman–Crippen LogP) is 4.10. The van der Waals surface area contributed by atoms with Crippen molar-refractivity contribution >= 4 is 23.2 Å². The van der Waals surface area contributed by atoms with Crippen LogP contribution in [0.25, 0.3) is 5.65 Å². The van der Waals surface area contributed by atoms with Crippen molar-refractivity contribution < 1.29 is 4.79 Å². The smallest absolute Gasteiger partial charge is 0.255 e. The number of amides is 1. The molecule has 1 aromatic carbocycles. The van der Waals surface area contributed by atoms with Crippen molar-refractivity contribution in [3.05, 3.63) is 70.1 Å². The van der Waals surface area contributed by atoms with Crippen molar-refractivity contribution in [3.63, 3.8) is 0 Å². The van der Waals surface area contributed by atoms with Gasteiger partial charge in [0.05, 0.1) is 11.6 Å². The number of nitrogens with one attached hydrogen (secondary N) is 1. The zero-order chi connectivity index (χ0) is 16.6. The number of halogens is 1. The zero-order valence-corrected chi connectivity index (χ0v) is 14.1. The number of hydrogen-bond acceptors (Lipinski definition) is 2. The van der Waals surface area contributed by atoms with Crippen molar-refractivity contribution in [3.8, 4) is 0 Å². The third-order valence-electron chi connectivity index (χ3n) is 3.90. The number of carbonyl (C=O) groups is 1. The molecule has 1 N–H and O–H groups in total. The number of fused-ring (bicyclic) bond motifs is 1. The first-order chi connectivity index (χ1) is 11.0. The van der Waals surface area contributed by atoms with Crippen LogP contribution in [0, 0.1) is 13.8 Å². The Hall–Kier alpha value is -2.33. The summed E-state index contributed by atoms with van der Waals surface area (Å²) in [6.07, 6.45) is 1.87. The van der Waals surface area contributed by atoms with Crippen molar-refractivity contribution in [2.45, 2.75) is 26.8 Å². The van der Waals surface area contributed by atoms with E-state index < -0.39 is 0 Å². The first-order valence-corrected chi connectivity index (χ1v) is 7.85. The van der Waals surface area contributed by atoms with Crippen LogP contribution >= 0.6 is 11.6 Å². The first kappa shape index (κ1) is 15.6. The molecule has 23 heavy (non-hydrogen) atoms. The van der Waals surface area contributed by atoms with Crippen LogP contribution in [0.15, 0.2) is 42.6 Å². The normalized spacial score (nSPS) is 12.3. The zero-order valence-electron chi connectivity index (χ0n) is 13.3. The average Bonchev–Trinajstić information content (AvgIpc) is 2.91. The van der Waals surface area contributed by atoms with E-state index in [1.807, 2.05) is 61.7 Å². The summed E-state index contributed by atoms with van der Waals surface area (Å²) in [5.41, 5.74) is 4.22. The number of nitrogens with zero attached hydrogens (tertiary/aromatic N) is 2. The second-order valence-corrected chi connectivity index (χ2v) is 6.15. The van der Waals surface area contributed by atoms with Gasteiger partial charge in [0, 0.05) is 22.6 Å². The molecule has 1 atom stereocenters. The Morgan fingerprint density at radius 2 is 1.91 bits per heavy atom. The molecule has 2 heterocycles. The van der Waals surface area contributed by atoms with Crippen LogP contribution in [0.3, 0.4) is 0 Å². The highest BCUT2D eigenvalue weighted by molar-refractivity contribution is 6.30. The topological polar surface area (TPSA) is 46.4 Å². The number of aryl methyl sites for hydroxylation is 2. The average molecular weight is 328 g/mol. The van der Waals surface area contributed by atoms with Crippen molar-refractivity contribution in [2.75, 3.05) is 0 Å². The molecule has 0 aliphatic heterocycles. The van der Waals surface area contributed by atoms with Crippen LogP contribution in [0.2, 0.25) is 5.02 Å². The number of benzene rings is 1. The van der Waals surface area contributed by atoms with Gasteiger partial charge in [0.15, 0.2) is 0 Å². The Morgan fingerprint density at radius 1 is 1.22 bits per heavy atom. The highest BCUT2D eigenvalue weighted by Gasteiger charge is 2.16. The molecule has 0 aliphatic rings. The standard InChI is InChI=1S/C18H18ClN3O/c1-11-10-12(2)22-9-8-16(17(22)20-11)18(23)21-13(3)14-4-6-15(19)7-5-14/h4-10,13H,1-3H3,(H,21,23)/t13-/m1/s1. The molecule has 0 unspecified atom stereocenters. The maximum Gasteiger partial charge on any atom is 0.255 e. The Kier molecular flexibility index (Phi) is 4.09. The van der Waals surface area contributed by atoms with E-state index in [2.05, 4.69) is 10.3 Å². The van der Waals surface area contributed by atoms with Crippen LogP contribution in [-0.2, 0) is 0 Å². The molecule has 2 aromatic heterocycles. The van der Waals surface area contributed by atoms with Crippen LogP contribution in [0.4, 0.5) is 0 Å². The van der Waals surface area contributed by atoms with E-state index in [-0.39, 0.29) is 11.9 Å². The van der Waals surface area contributed by atoms with E-state index >= 15 is 0 Å². The quantitative estimate of drug-likeness (QED) is 0.787. The molecule has 0 saturated carbocycles. The molecule has 118 valence electrons. The monoisotopic (exact) mass is 327 g/mol. The minimum atomic E-state index is -0.132. The number of hydrogen-bond donors (Lipinski definition) is 1. The van der Waals surface area contributed by atoms with E-state index in [1.165, 1.54) is 0 Å². The second-order valence-electron chi connectivity index (χ2n) is 5.71. The fourth-order valence-corrected chi connectivity index (χ4v) is 2.81. The van der Waals surface area contributed by atoms with Gasteiger partial charge in [0.2, 0.25) is 0 Å². The van der Waals surface area contributed by atoms with E-state index in [9.17, 15) is 4.79 Å². The van der Waals surface area contributed by atoms with Gasteiger partial charge in [-0.05, 0) is 50.6 Å². The SMILES string of the molecule is Cc1cc(C)n2ccc(C(=O)N[C@H](C)c3ccc(Cl)cc3)c2n1. The van der Waals surface area contributed by atoms with E-state index in [1.54, 1.807) is 6.07 Å². The molecule has 0 radical (unpaired) electrons. The summed E-state index contributed by atoms with van der Waals surface area (Å²) in [7, 11) is 0. The number of rotatable bonds is 3. The molecule has 0 fully saturated rings. The summed E-state index contributed by atoms with van der Waals surface area (Å²) in [6.45, 7) is 5.88. The molecule has 5 heteroatoms. The fraction of sp³-hybridized carbons (Fsp3) is 0.222. The Balaban J connectivity index is 1.87. The Labute approximate surface area is 140 Å². The van der Waals surface area contributed by atoms with Gasteiger partial charge in [-0.2, -0.15) is 0 Å². The van der Waals surface area contributed by atoms with Gasteiger partial charge < -0.3 is 9.72 Å². The van der Waals surface area contributed by atoms with Crippen molar-refractivity contribution in [2.24, 2.45) is 0 Å². The van der Waals surface area contributed by atoms with Crippen molar-refractivity contribution in [1.29, 1.82) is 0 Å². The largest absolute Gasteiger partial charge is 0.345 e. The lowest BCUT2D eigenvalue weighted by Gasteiger charge is -2.14. The van der Waals surface area contributed by atoms with E-state index in [0.717, 1.165) is 17.0 Å². The summed E-state index contributed by atoms with van der Waals surface area (Å²) in [5, 5.41) is 3.70. The summed E-state index contributed by atoms with van der Waals surface area (Å²) in [4.78, 5) is 17.1. The summed E-state index contributed by atoms with van der Waals surface area (Å²) in [6, 6.07) is 11.2. The number of carbonyl (C=O) groups excluding carboxylic acids is 1. The highest BCUT2D eigenvalue weighted by Crippen LogP contribution is 2.18.